The molecule has 1 saturated carbocycles. The number of amides is 1. The summed E-state index contributed by atoms with van der Waals surface area (Å²) in [6, 6.07) is 7.74. The number of hydrogen-bond acceptors (Lipinski definition) is 3. The molecule has 1 aliphatic carbocycles. The molecule has 1 aliphatic rings. The van der Waals surface area contributed by atoms with Crippen LogP contribution >= 0.6 is 12.4 Å². The fourth-order valence-electron chi connectivity index (χ4n) is 2.06. The van der Waals surface area contributed by atoms with Crippen LogP contribution in [0.25, 0.3) is 0 Å². The Hall–Kier alpha value is -1.26. The smallest absolute Gasteiger partial charge is 0.240 e. The van der Waals surface area contributed by atoms with Crippen LogP contribution in [0.3, 0.4) is 0 Å². The van der Waals surface area contributed by atoms with Gasteiger partial charge < -0.3 is 15.8 Å². The van der Waals surface area contributed by atoms with Gasteiger partial charge in [0.1, 0.15) is 5.75 Å². The first-order valence-corrected chi connectivity index (χ1v) is 6.43. The topological polar surface area (TPSA) is 64.3 Å². The van der Waals surface area contributed by atoms with Gasteiger partial charge in [0.25, 0.3) is 0 Å². The van der Waals surface area contributed by atoms with E-state index in [1.165, 1.54) is 0 Å². The van der Waals surface area contributed by atoms with Crippen LogP contribution in [0.4, 0.5) is 0 Å². The molecule has 4 nitrogen and oxygen atoms in total. The van der Waals surface area contributed by atoms with Crippen LogP contribution in [-0.4, -0.2) is 18.1 Å². The van der Waals surface area contributed by atoms with Crippen molar-refractivity contribution in [1.82, 2.24) is 5.32 Å². The first-order valence-electron chi connectivity index (χ1n) is 6.43. The van der Waals surface area contributed by atoms with E-state index in [0.717, 1.165) is 30.6 Å². The number of hydrogen-bond donors (Lipinski definition) is 2. The predicted octanol–water partition coefficient (Wildman–Crippen LogP) is 2.00. The number of ether oxygens (including phenoxy) is 1. The number of nitrogens with one attached hydrogen (secondary N) is 1. The van der Waals surface area contributed by atoms with Gasteiger partial charge in [-0.05, 0) is 43.9 Å². The quantitative estimate of drug-likeness (QED) is 0.869. The maximum Gasteiger partial charge on any atom is 0.240 e. The molecular weight excluding hydrogens is 264 g/mol. The van der Waals surface area contributed by atoms with Crippen LogP contribution in [0.5, 0.6) is 5.75 Å². The monoisotopic (exact) mass is 284 g/mol. The Morgan fingerprint density at radius 1 is 1.47 bits per heavy atom. The summed E-state index contributed by atoms with van der Waals surface area (Å²) in [4.78, 5) is 11.9. The van der Waals surface area contributed by atoms with Crippen molar-refractivity contribution in [2.24, 2.45) is 5.73 Å². The van der Waals surface area contributed by atoms with Crippen LogP contribution in [-0.2, 0) is 11.3 Å². The summed E-state index contributed by atoms with van der Waals surface area (Å²) < 4.78 is 5.42. The van der Waals surface area contributed by atoms with E-state index in [4.69, 9.17) is 10.5 Å². The zero-order valence-corrected chi connectivity index (χ0v) is 12.0. The van der Waals surface area contributed by atoms with Crippen molar-refractivity contribution in [2.75, 3.05) is 6.61 Å². The summed E-state index contributed by atoms with van der Waals surface area (Å²) in [6.45, 7) is 3.09. The second kappa shape index (κ2) is 6.78. The van der Waals surface area contributed by atoms with E-state index in [2.05, 4.69) is 5.32 Å². The van der Waals surface area contributed by atoms with Gasteiger partial charge in [-0.1, -0.05) is 12.1 Å². The molecule has 0 bridgehead atoms. The van der Waals surface area contributed by atoms with E-state index in [0.29, 0.717) is 13.2 Å². The Labute approximate surface area is 120 Å². The minimum absolute atomic E-state index is 0. The van der Waals surface area contributed by atoms with E-state index < -0.39 is 5.54 Å². The van der Waals surface area contributed by atoms with Crippen LogP contribution in [0, 0.1) is 0 Å². The van der Waals surface area contributed by atoms with E-state index >= 15 is 0 Å². The number of rotatable bonds is 5. The van der Waals surface area contributed by atoms with Crippen molar-refractivity contribution in [3.05, 3.63) is 29.8 Å². The zero-order valence-electron chi connectivity index (χ0n) is 11.1. The zero-order chi connectivity index (χ0) is 13.0. The van der Waals surface area contributed by atoms with Crippen LogP contribution in [0.1, 0.15) is 31.7 Å². The van der Waals surface area contributed by atoms with E-state index in [-0.39, 0.29) is 18.3 Å². The normalized spacial score (nSPS) is 15.9. The first-order chi connectivity index (χ1) is 8.64. The molecule has 0 atom stereocenters. The van der Waals surface area contributed by atoms with Crippen LogP contribution < -0.4 is 15.8 Å². The van der Waals surface area contributed by atoms with Gasteiger partial charge in [0.05, 0.1) is 12.1 Å². The number of carbonyl (C=O) groups excluding carboxylic acids is 1. The average molecular weight is 285 g/mol. The third-order valence-electron chi connectivity index (χ3n) is 3.36. The van der Waals surface area contributed by atoms with Gasteiger partial charge >= 0.3 is 0 Å². The lowest BCUT2D eigenvalue weighted by atomic mass is 9.77. The molecular formula is C14H21ClN2O2. The predicted molar refractivity (Wildman–Crippen MR) is 77.5 cm³/mol. The fraction of sp³-hybridized carbons (Fsp3) is 0.500. The highest BCUT2D eigenvalue weighted by atomic mass is 35.5. The molecule has 3 N–H and O–H groups in total. The standard InChI is InChI=1S/C14H20N2O2.ClH/c1-2-18-12-6-3-5-11(9-12)10-16-13(17)14(15)7-4-8-14;/h3,5-6,9H,2,4,7-8,10,15H2,1H3,(H,16,17);1H. The molecule has 0 saturated heterocycles. The van der Waals surface area contributed by atoms with E-state index in [1.807, 2.05) is 31.2 Å². The maximum atomic E-state index is 11.9. The number of benzene rings is 1. The van der Waals surface area contributed by atoms with Crippen LogP contribution in [0.15, 0.2) is 24.3 Å². The van der Waals surface area contributed by atoms with Gasteiger partial charge in [0.15, 0.2) is 0 Å². The molecule has 2 rings (SSSR count). The van der Waals surface area contributed by atoms with Crippen molar-refractivity contribution in [3.63, 3.8) is 0 Å². The molecule has 1 fully saturated rings. The highest BCUT2D eigenvalue weighted by Gasteiger charge is 2.39. The molecule has 1 amide bonds. The summed E-state index contributed by atoms with van der Waals surface area (Å²) in [7, 11) is 0. The van der Waals surface area contributed by atoms with Gasteiger partial charge in [-0.15, -0.1) is 12.4 Å². The highest BCUT2D eigenvalue weighted by molar-refractivity contribution is 5.87. The Kier molecular flexibility index (Phi) is 5.63. The molecule has 0 aromatic heterocycles. The second-order valence-electron chi connectivity index (χ2n) is 4.77. The van der Waals surface area contributed by atoms with Crippen molar-refractivity contribution in [3.8, 4) is 5.75 Å². The Balaban J connectivity index is 0.00000180. The number of halogens is 1. The Morgan fingerprint density at radius 2 is 2.21 bits per heavy atom. The third kappa shape index (κ3) is 3.85. The van der Waals surface area contributed by atoms with E-state index in [9.17, 15) is 4.79 Å². The fourth-order valence-corrected chi connectivity index (χ4v) is 2.06. The van der Waals surface area contributed by atoms with Crippen LogP contribution in [0.2, 0.25) is 0 Å². The second-order valence-corrected chi connectivity index (χ2v) is 4.77. The maximum absolute atomic E-state index is 11.9. The van der Waals surface area contributed by atoms with Gasteiger partial charge in [-0.25, -0.2) is 0 Å². The van der Waals surface area contributed by atoms with Gasteiger partial charge in [-0.3, -0.25) is 4.79 Å². The minimum Gasteiger partial charge on any atom is -0.494 e. The summed E-state index contributed by atoms with van der Waals surface area (Å²) in [5.74, 6) is 0.783. The first kappa shape index (κ1) is 15.8. The van der Waals surface area contributed by atoms with Crippen molar-refractivity contribution in [1.29, 1.82) is 0 Å². The Morgan fingerprint density at radius 3 is 2.79 bits per heavy atom. The van der Waals surface area contributed by atoms with Gasteiger partial charge in [0.2, 0.25) is 5.91 Å². The molecule has 1 aromatic rings. The molecule has 0 heterocycles. The summed E-state index contributed by atoms with van der Waals surface area (Å²) in [6.07, 6.45) is 2.62. The molecule has 1 aromatic carbocycles. The highest BCUT2D eigenvalue weighted by Crippen LogP contribution is 2.29. The minimum atomic E-state index is -0.627. The largest absolute Gasteiger partial charge is 0.494 e. The Bertz CT molecular complexity index is 433. The summed E-state index contributed by atoms with van der Waals surface area (Å²) >= 11 is 0. The molecule has 106 valence electrons. The van der Waals surface area contributed by atoms with Crippen molar-refractivity contribution >= 4 is 18.3 Å². The van der Waals surface area contributed by atoms with Crippen molar-refractivity contribution < 1.29 is 9.53 Å². The van der Waals surface area contributed by atoms with Gasteiger partial charge in [0, 0.05) is 6.54 Å². The third-order valence-corrected chi connectivity index (χ3v) is 3.36. The van der Waals surface area contributed by atoms with Gasteiger partial charge in [-0.2, -0.15) is 0 Å². The number of carbonyl (C=O) groups is 1. The molecule has 19 heavy (non-hydrogen) atoms. The molecule has 0 aliphatic heterocycles. The molecule has 0 spiro atoms. The summed E-state index contributed by atoms with van der Waals surface area (Å²) in [5.41, 5.74) is 6.35. The van der Waals surface area contributed by atoms with E-state index in [1.54, 1.807) is 0 Å². The number of nitrogens with two attached hydrogens (primary N) is 1. The average Bonchev–Trinajstić information content (AvgIpc) is 2.34. The lowest BCUT2D eigenvalue weighted by molar-refractivity contribution is -0.129. The SMILES string of the molecule is CCOc1cccc(CNC(=O)C2(N)CCC2)c1.Cl. The van der Waals surface area contributed by atoms with Crippen molar-refractivity contribution in [2.45, 2.75) is 38.3 Å². The molecule has 0 radical (unpaired) electrons. The lowest BCUT2D eigenvalue weighted by Gasteiger charge is -2.36. The molecule has 5 heteroatoms. The molecule has 0 unspecified atom stereocenters. The lowest BCUT2D eigenvalue weighted by Crippen LogP contribution is -2.58. The summed E-state index contributed by atoms with van der Waals surface area (Å²) in [5, 5.41) is 2.89.